The van der Waals surface area contributed by atoms with Crippen LogP contribution in [0.5, 0.6) is 0 Å². The molecule has 7 heteroatoms. The second-order valence-corrected chi connectivity index (χ2v) is 4.85. The monoisotopic (exact) mass is 267 g/mol. The third-order valence-corrected chi connectivity index (χ3v) is 3.31. The summed E-state index contributed by atoms with van der Waals surface area (Å²) in [5, 5.41) is 15.6. The van der Waals surface area contributed by atoms with E-state index >= 15 is 0 Å². The number of nitrogens with zero attached hydrogens (tertiary/aromatic N) is 3. The minimum absolute atomic E-state index is 0.253. The molecule has 5 nitrogen and oxygen atoms in total. The standard InChI is InChI=1S/C11H10FN3O2S/c1-7-3-11(14(2)13-7)18-10-5-8(12)4-9(6-10)15(16)17/h3-6H,1-2H3. The van der Waals surface area contributed by atoms with Crippen molar-refractivity contribution >= 4 is 17.4 Å². The van der Waals surface area contributed by atoms with Crippen molar-refractivity contribution in [1.29, 1.82) is 0 Å². The van der Waals surface area contributed by atoms with Gasteiger partial charge in [-0.1, -0.05) is 11.8 Å². The molecule has 0 unspecified atom stereocenters. The van der Waals surface area contributed by atoms with Crippen LogP contribution in [0.1, 0.15) is 5.69 Å². The Balaban J connectivity index is 2.34. The van der Waals surface area contributed by atoms with E-state index in [1.165, 1.54) is 23.9 Å². The van der Waals surface area contributed by atoms with Gasteiger partial charge in [0.1, 0.15) is 5.82 Å². The molecule has 0 atom stereocenters. The molecule has 0 N–H and O–H groups in total. The molecule has 0 aliphatic rings. The van der Waals surface area contributed by atoms with Crippen molar-refractivity contribution in [2.45, 2.75) is 16.8 Å². The van der Waals surface area contributed by atoms with Gasteiger partial charge in [-0.25, -0.2) is 4.39 Å². The molecule has 1 heterocycles. The van der Waals surface area contributed by atoms with E-state index in [1.54, 1.807) is 11.7 Å². The summed E-state index contributed by atoms with van der Waals surface area (Å²) in [5.74, 6) is -0.620. The first kappa shape index (κ1) is 12.6. The number of nitro benzene ring substituents is 1. The summed E-state index contributed by atoms with van der Waals surface area (Å²) in [6.45, 7) is 1.85. The van der Waals surface area contributed by atoms with Crippen molar-refractivity contribution in [2.24, 2.45) is 7.05 Å². The minimum atomic E-state index is -0.620. The Bertz CT molecular complexity index is 612. The fourth-order valence-corrected chi connectivity index (χ4v) is 2.51. The molecular formula is C11H10FN3O2S. The molecule has 0 amide bonds. The Labute approximate surface area is 107 Å². The smallest absolute Gasteiger partial charge is 0.262 e. The highest BCUT2D eigenvalue weighted by molar-refractivity contribution is 7.99. The molecule has 94 valence electrons. The van der Waals surface area contributed by atoms with E-state index in [4.69, 9.17) is 0 Å². The zero-order chi connectivity index (χ0) is 13.3. The highest BCUT2D eigenvalue weighted by Crippen LogP contribution is 2.31. The minimum Gasteiger partial charge on any atom is -0.262 e. The van der Waals surface area contributed by atoms with Crippen LogP contribution in [0.4, 0.5) is 10.1 Å². The lowest BCUT2D eigenvalue weighted by Crippen LogP contribution is -1.93. The Morgan fingerprint density at radius 2 is 2.11 bits per heavy atom. The van der Waals surface area contributed by atoms with Gasteiger partial charge in [-0.3, -0.25) is 14.8 Å². The fraction of sp³-hybridized carbons (Fsp3) is 0.182. The molecule has 0 fully saturated rings. The molecule has 18 heavy (non-hydrogen) atoms. The van der Waals surface area contributed by atoms with Crippen molar-refractivity contribution in [3.8, 4) is 0 Å². The zero-order valence-corrected chi connectivity index (χ0v) is 10.6. The normalized spacial score (nSPS) is 10.6. The summed E-state index contributed by atoms with van der Waals surface area (Å²) in [4.78, 5) is 10.5. The topological polar surface area (TPSA) is 61.0 Å². The van der Waals surface area contributed by atoms with Gasteiger partial charge < -0.3 is 0 Å². The van der Waals surface area contributed by atoms with E-state index in [9.17, 15) is 14.5 Å². The summed E-state index contributed by atoms with van der Waals surface area (Å²) in [7, 11) is 1.77. The van der Waals surface area contributed by atoms with Gasteiger partial charge in [0.15, 0.2) is 0 Å². The van der Waals surface area contributed by atoms with Gasteiger partial charge in [-0.15, -0.1) is 0 Å². The highest BCUT2D eigenvalue weighted by atomic mass is 32.2. The average molecular weight is 267 g/mol. The maximum atomic E-state index is 13.3. The maximum absolute atomic E-state index is 13.3. The predicted octanol–water partition coefficient (Wildman–Crippen LogP) is 2.93. The quantitative estimate of drug-likeness (QED) is 0.633. The lowest BCUT2D eigenvalue weighted by molar-refractivity contribution is -0.385. The van der Waals surface area contributed by atoms with Crippen LogP contribution in [0.15, 0.2) is 34.2 Å². The van der Waals surface area contributed by atoms with Gasteiger partial charge >= 0.3 is 0 Å². The van der Waals surface area contributed by atoms with Crippen LogP contribution in [-0.2, 0) is 7.05 Å². The van der Waals surface area contributed by atoms with Crippen LogP contribution < -0.4 is 0 Å². The van der Waals surface area contributed by atoms with Crippen molar-refractivity contribution in [3.05, 3.63) is 45.9 Å². The molecule has 0 saturated carbocycles. The van der Waals surface area contributed by atoms with E-state index < -0.39 is 10.7 Å². The van der Waals surface area contributed by atoms with Crippen LogP contribution >= 0.6 is 11.8 Å². The summed E-state index contributed by atoms with van der Waals surface area (Å²) in [5.41, 5.74) is 0.585. The van der Waals surface area contributed by atoms with Crippen molar-refractivity contribution in [3.63, 3.8) is 0 Å². The zero-order valence-electron chi connectivity index (χ0n) is 9.75. The van der Waals surface area contributed by atoms with Gasteiger partial charge in [0.05, 0.1) is 21.7 Å². The number of halogens is 1. The Morgan fingerprint density at radius 3 is 2.67 bits per heavy atom. The second-order valence-electron chi connectivity index (χ2n) is 3.75. The fourth-order valence-electron chi connectivity index (χ4n) is 1.52. The van der Waals surface area contributed by atoms with E-state index in [-0.39, 0.29) is 5.69 Å². The molecule has 0 radical (unpaired) electrons. The largest absolute Gasteiger partial charge is 0.273 e. The molecule has 2 aromatic rings. The van der Waals surface area contributed by atoms with Crippen LogP contribution in [0, 0.1) is 22.9 Å². The SMILES string of the molecule is Cc1cc(Sc2cc(F)cc([N+](=O)[O-])c2)n(C)n1. The van der Waals surface area contributed by atoms with Crippen molar-refractivity contribution in [1.82, 2.24) is 9.78 Å². The van der Waals surface area contributed by atoms with E-state index in [0.29, 0.717) is 4.90 Å². The lowest BCUT2D eigenvalue weighted by atomic mass is 10.3. The third-order valence-electron chi connectivity index (χ3n) is 2.25. The van der Waals surface area contributed by atoms with Gasteiger partial charge in [0, 0.05) is 18.0 Å². The molecule has 0 saturated heterocycles. The van der Waals surface area contributed by atoms with Gasteiger partial charge in [0.25, 0.3) is 5.69 Å². The molecule has 0 spiro atoms. The van der Waals surface area contributed by atoms with Gasteiger partial charge in [0.2, 0.25) is 0 Å². The van der Waals surface area contributed by atoms with Crippen LogP contribution in [0.25, 0.3) is 0 Å². The number of aromatic nitrogens is 2. The first-order valence-corrected chi connectivity index (χ1v) is 5.91. The summed E-state index contributed by atoms with van der Waals surface area (Å²) >= 11 is 1.24. The number of aryl methyl sites for hydroxylation is 2. The van der Waals surface area contributed by atoms with E-state index in [2.05, 4.69) is 5.10 Å². The Morgan fingerprint density at radius 1 is 1.39 bits per heavy atom. The van der Waals surface area contributed by atoms with Gasteiger partial charge in [-0.2, -0.15) is 5.10 Å². The molecule has 0 aliphatic carbocycles. The molecule has 1 aromatic carbocycles. The molecule has 1 aromatic heterocycles. The van der Waals surface area contributed by atoms with E-state index in [1.807, 2.05) is 13.0 Å². The third kappa shape index (κ3) is 2.67. The number of nitro groups is 1. The number of benzene rings is 1. The summed E-state index contributed by atoms with van der Waals surface area (Å²) in [6, 6.07) is 5.34. The van der Waals surface area contributed by atoms with Crippen LogP contribution in [0.3, 0.4) is 0 Å². The van der Waals surface area contributed by atoms with Crippen molar-refractivity contribution < 1.29 is 9.31 Å². The molecule has 0 aliphatic heterocycles. The molecular weight excluding hydrogens is 257 g/mol. The summed E-state index contributed by atoms with van der Waals surface area (Å²) in [6.07, 6.45) is 0. The Hall–Kier alpha value is -1.89. The number of hydrogen-bond donors (Lipinski definition) is 0. The number of non-ortho nitro benzene ring substituents is 1. The maximum Gasteiger partial charge on any atom is 0.273 e. The number of hydrogen-bond acceptors (Lipinski definition) is 4. The highest BCUT2D eigenvalue weighted by Gasteiger charge is 2.12. The molecule has 2 rings (SSSR count). The van der Waals surface area contributed by atoms with Crippen LogP contribution in [0.2, 0.25) is 0 Å². The van der Waals surface area contributed by atoms with Crippen LogP contribution in [-0.4, -0.2) is 14.7 Å². The summed E-state index contributed by atoms with van der Waals surface area (Å²) < 4.78 is 14.9. The second kappa shape index (κ2) is 4.77. The predicted molar refractivity (Wildman–Crippen MR) is 65.1 cm³/mol. The Kier molecular flexibility index (Phi) is 3.33. The first-order valence-electron chi connectivity index (χ1n) is 5.09. The van der Waals surface area contributed by atoms with Crippen molar-refractivity contribution in [2.75, 3.05) is 0 Å². The average Bonchev–Trinajstić information content (AvgIpc) is 2.56. The molecule has 0 bridgehead atoms. The first-order chi connectivity index (χ1) is 8.45. The number of rotatable bonds is 3. The van der Waals surface area contributed by atoms with E-state index in [0.717, 1.165) is 16.8 Å². The van der Waals surface area contributed by atoms with Gasteiger partial charge in [-0.05, 0) is 19.1 Å². The lowest BCUT2D eigenvalue weighted by Gasteiger charge is -2.02.